The van der Waals surface area contributed by atoms with Crippen LogP contribution in [0.4, 0.5) is 8.78 Å². The zero-order valence-electron chi connectivity index (χ0n) is 11.2. The highest BCUT2D eigenvalue weighted by molar-refractivity contribution is 5.85. The number of amides is 1. The highest BCUT2D eigenvalue weighted by atomic mass is 19.3. The Balaban J connectivity index is 1.94. The summed E-state index contributed by atoms with van der Waals surface area (Å²) in [4.78, 5) is 11.6. The molecule has 20 heavy (non-hydrogen) atoms. The van der Waals surface area contributed by atoms with E-state index in [1.54, 1.807) is 24.3 Å². The van der Waals surface area contributed by atoms with Gasteiger partial charge in [-0.3, -0.25) is 4.79 Å². The van der Waals surface area contributed by atoms with E-state index in [2.05, 4.69) is 5.32 Å². The summed E-state index contributed by atoms with van der Waals surface area (Å²) in [6, 6.07) is 6.71. The van der Waals surface area contributed by atoms with E-state index in [0.29, 0.717) is 17.7 Å². The van der Waals surface area contributed by atoms with Crippen LogP contribution in [0.3, 0.4) is 0 Å². The Morgan fingerprint density at radius 1 is 1.40 bits per heavy atom. The normalized spacial score (nSPS) is 17.2. The van der Waals surface area contributed by atoms with Gasteiger partial charge in [0, 0.05) is 6.54 Å². The maximum Gasteiger partial charge on any atom is 0.352 e. The number of halogens is 2. The number of aliphatic hydroxyl groups is 1. The lowest BCUT2D eigenvalue weighted by Gasteiger charge is -2.41. The SMILES string of the molecule is COc1ccc(CNC(=O)C(F)(F)C2(O)CCC2)cc1. The van der Waals surface area contributed by atoms with Crippen LogP contribution in [0.15, 0.2) is 24.3 Å². The lowest BCUT2D eigenvalue weighted by Crippen LogP contribution is -2.60. The van der Waals surface area contributed by atoms with E-state index < -0.39 is 17.4 Å². The number of methoxy groups -OCH3 is 1. The molecule has 110 valence electrons. The molecule has 2 N–H and O–H groups in total. The van der Waals surface area contributed by atoms with Gasteiger partial charge in [-0.05, 0) is 37.0 Å². The molecule has 0 spiro atoms. The Labute approximate surface area is 115 Å². The van der Waals surface area contributed by atoms with E-state index >= 15 is 0 Å². The number of alkyl halides is 2. The predicted molar refractivity (Wildman–Crippen MR) is 68.6 cm³/mol. The second-order valence-corrected chi connectivity index (χ2v) is 4.99. The minimum atomic E-state index is -3.75. The van der Waals surface area contributed by atoms with Crippen LogP contribution in [0.25, 0.3) is 0 Å². The van der Waals surface area contributed by atoms with Gasteiger partial charge in [0.05, 0.1) is 7.11 Å². The van der Waals surface area contributed by atoms with Gasteiger partial charge >= 0.3 is 5.92 Å². The van der Waals surface area contributed by atoms with Crippen LogP contribution in [0, 0.1) is 0 Å². The Kier molecular flexibility index (Phi) is 3.94. The zero-order chi connectivity index (χ0) is 14.8. The maximum atomic E-state index is 13.8. The first-order valence-electron chi connectivity index (χ1n) is 6.40. The van der Waals surface area contributed by atoms with Crippen molar-refractivity contribution in [2.45, 2.75) is 37.3 Å². The van der Waals surface area contributed by atoms with E-state index in [-0.39, 0.29) is 19.4 Å². The average molecular weight is 285 g/mol. The third-order valence-corrected chi connectivity index (χ3v) is 3.66. The summed E-state index contributed by atoms with van der Waals surface area (Å²) in [6.07, 6.45) is 0.420. The molecule has 1 aliphatic rings. The number of rotatable bonds is 5. The summed E-state index contributed by atoms with van der Waals surface area (Å²) in [5.41, 5.74) is -1.51. The van der Waals surface area contributed by atoms with Crippen molar-refractivity contribution in [1.29, 1.82) is 0 Å². The fraction of sp³-hybridized carbons (Fsp3) is 0.500. The van der Waals surface area contributed by atoms with Gasteiger partial charge in [-0.15, -0.1) is 0 Å². The molecule has 1 amide bonds. The topological polar surface area (TPSA) is 58.6 Å². The highest BCUT2D eigenvalue weighted by Gasteiger charge is 2.60. The van der Waals surface area contributed by atoms with E-state index in [9.17, 15) is 18.7 Å². The van der Waals surface area contributed by atoms with Gasteiger partial charge in [-0.1, -0.05) is 12.1 Å². The number of hydrogen-bond donors (Lipinski definition) is 2. The molecule has 0 atom stereocenters. The molecule has 0 radical (unpaired) electrons. The Bertz CT molecular complexity index is 484. The number of ether oxygens (including phenoxy) is 1. The number of carbonyl (C=O) groups excluding carboxylic acids is 1. The van der Waals surface area contributed by atoms with Crippen molar-refractivity contribution in [3.8, 4) is 5.75 Å². The van der Waals surface area contributed by atoms with Crippen LogP contribution in [-0.2, 0) is 11.3 Å². The third-order valence-electron chi connectivity index (χ3n) is 3.66. The molecule has 1 fully saturated rings. The predicted octanol–water partition coefficient (Wildman–Crippen LogP) is 1.86. The Morgan fingerprint density at radius 3 is 2.45 bits per heavy atom. The smallest absolute Gasteiger partial charge is 0.352 e. The summed E-state index contributed by atoms with van der Waals surface area (Å²) < 4.78 is 32.5. The quantitative estimate of drug-likeness (QED) is 0.868. The van der Waals surface area contributed by atoms with Gasteiger partial charge in [0.1, 0.15) is 11.4 Å². The van der Waals surface area contributed by atoms with Crippen LogP contribution < -0.4 is 10.1 Å². The molecule has 0 aromatic heterocycles. The molecule has 1 aliphatic carbocycles. The van der Waals surface area contributed by atoms with Crippen LogP contribution in [0.1, 0.15) is 24.8 Å². The molecular formula is C14H17F2NO3. The van der Waals surface area contributed by atoms with Crippen molar-refractivity contribution in [3.63, 3.8) is 0 Å². The molecule has 1 aromatic rings. The second kappa shape index (κ2) is 5.36. The molecule has 6 heteroatoms. The van der Waals surface area contributed by atoms with Crippen LogP contribution in [0.5, 0.6) is 5.75 Å². The highest BCUT2D eigenvalue weighted by Crippen LogP contribution is 2.44. The zero-order valence-corrected chi connectivity index (χ0v) is 11.2. The first-order valence-corrected chi connectivity index (χ1v) is 6.40. The van der Waals surface area contributed by atoms with Gasteiger partial charge < -0.3 is 15.2 Å². The number of hydrogen-bond acceptors (Lipinski definition) is 3. The molecular weight excluding hydrogens is 268 g/mol. The fourth-order valence-electron chi connectivity index (χ4n) is 2.07. The van der Waals surface area contributed by atoms with Crippen LogP contribution in [0.2, 0.25) is 0 Å². The summed E-state index contributed by atoms with van der Waals surface area (Å²) in [5.74, 6) is -4.54. The van der Waals surface area contributed by atoms with Crippen molar-refractivity contribution in [3.05, 3.63) is 29.8 Å². The molecule has 0 aliphatic heterocycles. The van der Waals surface area contributed by atoms with Gasteiger partial charge in [0.15, 0.2) is 0 Å². The largest absolute Gasteiger partial charge is 0.497 e. The summed E-state index contributed by atoms with van der Waals surface area (Å²) in [6.45, 7) is -0.0193. The number of benzene rings is 1. The molecule has 0 saturated heterocycles. The van der Waals surface area contributed by atoms with Gasteiger partial charge in [-0.2, -0.15) is 8.78 Å². The van der Waals surface area contributed by atoms with Crippen molar-refractivity contribution in [1.82, 2.24) is 5.32 Å². The second-order valence-electron chi connectivity index (χ2n) is 4.99. The van der Waals surface area contributed by atoms with Crippen molar-refractivity contribution in [2.24, 2.45) is 0 Å². The molecule has 0 heterocycles. The Hall–Kier alpha value is -1.69. The van der Waals surface area contributed by atoms with Gasteiger partial charge in [0.2, 0.25) is 0 Å². The van der Waals surface area contributed by atoms with E-state index in [1.165, 1.54) is 7.11 Å². The summed E-state index contributed by atoms with van der Waals surface area (Å²) >= 11 is 0. The van der Waals surface area contributed by atoms with Crippen LogP contribution >= 0.6 is 0 Å². The van der Waals surface area contributed by atoms with Gasteiger partial charge in [0.25, 0.3) is 5.91 Å². The molecule has 1 saturated carbocycles. The van der Waals surface area contributed by atoms with E-state index in [1.807, 2.05) is 0 Å². The van der Waals surface area contributed by atoms with Crippen molar-refractivity contribution < 1.29 is 23.4 Å². The summed E-state index contributed by atoms with van der Waals surface area (Å²) in [7, 11) is 1.52. The molecule has 4 nitrogen and oxygen atoms in total. The summed E-state index contributed by atoms with van der Waals surface area (Å²) in [5, 5.41) is 11.8. The number of nitrogens with one attached hydrogen (secondary N) is 1. The first kappa shape index (κ1) is 14.7. The monoisotopic (exact) mass is 285 g/mol. The van der Waals surface area contributed by atoms with Gasteiger partial charge in [-0.25, -0.2) is 0 Å². The molecule has 0 bridgehead atoms. The lowest BCUT2D eigenvalue weighted by molar-refractivity contribution is -0.216. The third kappa shape index (κ3) is 2.60. The van der Waals surface area contributed by atoms with E-state index in [0.717, 1.165) is 0 Å². The average Bonchev–Trinajstić information content (AvgIpc) is 2.42. The minimum Gasteiger partial charge on any atom is -0.497 e. The van der Waals surface area contributed by atoms with Crippen molar-refractivity contribution in [2.75, 3.05) is 7.11 Å². The number of carbonyl (C=O) groups is 1. The molecule has 1 aromatic carbocycles. The molecule has 0 unspecified atom stereocenters. The fourth-order valence-corrected chi connectivity index (χ4v) is 2.07. The Morgan fingerprint density at radius 2 is 2.00 bits per heavy atom. The standard InChI is InChI=1S/C14H17F2NO3/c1-20-11-5-3-10(4-6-11)9-17-12(18)14(15,16)13(19)7-2-8-13/h3-6,19H,2,7-9H2,1H3,(H,17,18). The molecule has 2 rings (SSSR count). The van der Waals surface area contributed by atoms with Crippen LogP contribution in [-0.4, -0.2) is 29.6 Å². The van der Waals surface area contributed by atoms with Crippen molar-refractivity contribution >= 4 is 5.91 Å². The lowest BCUT2D eigenvalue weighted by atomic mass is 9.75. The minimum absolute atomic E-state index is 0.0193. The maximum absolute atomic E-state index is 13.8. The first-order chi connectivity index (χ1) is 9.39. The van der Waals surface area contributed by atoms with E-state index in [4.69, 9.17) is 4.74 Å².